The van der Waals surface area contributed by atoms with Crippen molar-refractivity contribution >= 4 is 17.3 Å². The fourth-order valence-corrected chi connectivity index (χ4v) is 1.81. The molecule has 0 atom stereocenters. The minimum atomic E-state index is -0.226. The Labute approximate surface area is 104 Å². The van der Waals surface area contributed by atoms with E-state index >= 15 is 0 Å². The first kappa shape index (κ1) is 11.8. The summed E-state index contributed by atoms with van der Waals surface area (Å²) < 4.78 is 1.43. The van der Waals surface area contributed by atoms with Gasteiger partial charge in [0.25, 0.3) is 5.56 Å². The van der Waals surface area contributed by atoms with Gasteiger partial charge in [0.15, 0.2) is 0 Å². The van der Waals surface area contributed by atoms with Gasteiger partial charge >= 0.3 is 0 Å². The molecule has 1 aromatic heterocycles. The van der Waals surface area contributed by atoms with Crippen molar-refractivity contribution < 1.29 is 0 Å². The zero-order valence-electron chi connectivity index (χ0n) is 9.70. The third kappa shape index (κ3) is 2.08. The quantitative estimate of drug-likeness (QED) is 0.862. The molecule has 0 amide bonds. The monoisotopic (exact) mass is 251 g/mol. The highest BCUT2D eigenvalue weighted by atomic mass is 35.5. The third-order valence-electron chi connectivity index (χ3n) is 2.62. The van der Waals surface area contributed by atoms with Crippen LogP contribution in [-0.4, -0.2) is 9.78 Å². The van der Waals surface area contributed by atoms with E-state index in [4.69, 9.17) is 17.3 Å². The summed E-state index contributed by atoms with van der Waals surface area (Å²) in [5.74, 6) is 0.177. The van der Waals surface area contributed by atoms with Crippen molar-refractivity contribution in [1.29, 1.82) is 0 Å². The Balaban J connectivity index is 2.57. The van der Waals surface area contributed by atoms with Crippen LogP contribution in [0.4, 0.5) is 5.69 Å². The Kier molecular flexibility index (Phi) is 2.98. The number of halogens is 1. The topological polar surface area (TPSA) is 63.8 Å². The zero-order valence-corrected chi connectivity index (χ0v) is 10.5. The Morgan fingerprint density at radius 3 is 2.35 bits per heavy atom. The van der Waals surface area contributed by atoms with Crippen LogP contribution < -0.4 is 11.3 Å². The molecule has 0 saturated carbocycles. The van der Waals surface area contributed by atoms with E-state index in [1.165, 1.54) is 4.68 Å². The SMILES string of the molecule is CC(C)c1[nH]n(-c2ccc(Cl)cc2)c(=O)c1N. The highest BCUT2D eigenvalue weighted by Crippen LogP contribution is 2.18. The van der Waals surface area contributed by atoms with Crippen LogP contribution in [-0.2, 0) is 0 Å². The van der Waals surface area contributed by atoms with Crippen LogP contribution >= 0.6 is 11.6 Å². The average molecular weight is 252 g/mol. The number of benzene rings is 1. The second-order valence-corrected chi connectivity index (χ2v) is 4.65. The molecule has 3 N–H and O–H groups in total. The molecular weight excluding hydrogens is 238 g/mol. The second kappa shape index (κ2) is 4.30. The van der Waals surface area contributed by atoms with Crippen LogP contribution in [0.25, 0.3) is 5.69 Å². The van der Waals surface area contributed by atoms with Crippen LogP contribution in [0.1, 0.15) is 25.5 Å². The predicted octanol–water partition coefficient (Wildman–Crippen LogP) is 2.52. The Morgan fingerprint density at radius 1 is 1.29 bits per heavy atom. The second-order valence-electron chi connectivity index (χ2n) is 4.21. The van der Waals surface area contributed by atoms with E-state index in [2.05, 4.69) is 5.10 Å². The summed E-state index contributed by atoms with van der Waals surface area (Å²) >= 11 is 5.80. The lowest BCUT2D eigenvalue weighted by Crippen LogP contribution is -2.16. The summed E-state index contributed by atoms with van der Waals surface area (Å²) in [7, 11) is 0. The van der Waals surface area contributed by atoms with Crippen molar-refractivity contribution in [2.24, 2.45) is 0 Å². The Bertz CT molecular complexity index is 581. The fourth-order valence-electron chi connectivity index (χ4n) is 1.68. The molecule has 2 aromatic rings. The molecule has 17 heavy (non-hydrogen) atoms. The number of nitrogens with zero attached hydrogens (tertiary/aromatic N) is 1. The van der Waals surface area contributed by atoms with Crippen molar-refractivity contribution in [3.05, 3.63) is 45.3 Å². The molecular formula is C12H14ClN3O. The Hall–Kier alpha value is -1.68. The molecule has 0 aliphatic rings. The standard InChI is InChI=1S/C12H14ClN3O/c1-7(2)11-10(14)12(17)16(15-11)9-5-3-8(13)4-6-9/h3-7,15H,14H2,1-2H3. The molecule has 0 saturated heterocycles. The van der Waals surface area contributed by atoms with Crippen molar-refractivity contribution in [3.8, 4) is 5.69 Å². The van der Waals surface area contributed by atoms with E-state index in [1.54, 1.807) is 24.3 Å². The lowest BCUT2D eigenvalue weighted by atomic mass is 10.1. The number of rotatable bonds is 2. The molecule has 2 rings (SSSR count). The third-order valence-corrected chi connectivity index (χ3v) is 2.87. The van der Waals surface area contributed by atoms with Gasteiger partial charge in [-0.15, -0.1) is 0 Å². The van der Waals surface area contributed by atoms with Gasteiger partial charge in [0.05, 0.1) is 11.4 Å². The summed E-state index contributed by atoms with van der Waals surface area (Å²) in [5.41, 5.74) is 7.30. The number of hydrogen-bond donors (Lipinski definition) is 2. The number of aromatic nitrogens is 2. The molecule has 0 spiro atoms. The van der Waals surface area contributed by atoms with E-state index in [9.17, 15) is 4.79 Å². The highest BCUT2D eigenvalue weighted by Gasteiger charge is 2.14. The first-order valence-electron chi connectivity index (χ1n) is 5.37. The van der Waals surface area contributed by atoms with Crippen molar-refractivity contribution in [3.63, 3.8) is 0 Å². The minimum absolute atomic E-state index is 0.177. The lowest BCUT2D eigenvalue weighted by molar-refractivity contribution is 0.761. The van der Waals surface area contributed by atoms with Gasteiger partial charge < -0.3 is 5.73 Å². The van der Waals surface area contributed by atoms with Crippen LogP contribution in [0.3, 0.4) is 0 Å². The number of nitrogens with two attached hydrogens (primary N) is 1. The van der Waals surface area contributed by atoms with E-state index < -0.39 is 0 Å². The number of H-pyrrole nitrogens is 1. The molecule has 0 radical (unpaired) electrons. The van der Waals surface area contributed by atoms with E-state index in [0.29, 0.717) is 5.02 Å². The maximum Gasteiger partial charge on any atom is 0.294 e. The fraction of sp³-hybridized carbons (Fsp3) is 0.250. The molecule has 1 aromatic carbocycles. The maximum absolute atomic E-state index is 12.0. The number of aromatic amines is 1. The summed E-state index contributed by atoms with van der Waals surface area (Å²) in [6.45, 7) is 3.96. The van der Waals surface area contributed by atoms with Gasteiger partial charge in [-0.05, 0) is 30.2 Å². The first-order valence-corrected chi connectivity index (χ1v) is 5.75. The molecule has 4 nitrogen and oxygen atoms in total. The van der Waals surface area contributed by atoms with E-state index in [-0.39, 0.29) is 17.2 Å². The summed E-state index contributed by atoms with van der Waals surface area (Å²) in [5, 5.41) is 3.65. The molecule has 90 valence electrons. The lowest BCUT2D eigenvalue weighted by Gasteiger charge is -2.03. The molecule has 0 aliphatic carbocycles. The van der Waals surface area contributed by atoms with E-state index in [1.807, 2.05) is 13.8 Å². The maximum atomic E-state index is 12.0. The summed E-state index contributed by atoms with van der Waals surface area (Å²) in [6, 6.07) is 7.00. The molecule has 1 heterocycles. The highest BCUT2D eigenvalue weighted by molar-refractivity contribution is 6.30. The van der Waals surface area contributed by atoms with Crippen LogP contribution in [0, 0.1) is 0 Å². The van der Waals surface area contributed by atoms with Gasteiger partial charge in [-0.25, -0.2) is 4.68 Å². The number of anilines is 1. The van der Waals surface area contributed by atoms with Gasteiger partial charge in [0.1, 0.15) is 5.69 Å². The number of hydrogen-bond acceptors (Lipinski definition) is 2. The van der Waals surface area contributed by atoms with Crippen LogP contribution in [0.5, 0.6) is 0 Å². The first-order chi connectivity index (χ1) is 8.00. The van der Waals surface area contributed by atoms with Gasteiger partial charge in [-0.2, -0.15) is 0 Å². The smallest absolute Gasteiger partial charge is 0.294 e. The summed E-state index contributed by atoms with van der Waals surface area (Å²) in [4.78, 5) is 12.0. The number of nitrogens with one attached hydrogen (secondary N) is 1. The molecule has 0 bridgehead atoms. The van der Waals surface area contributed by atoms with Gasteiger partial charge in [0, 0.05) is 5.02 Å². The number of nitrogen functional groups attached to an aromatic ring is 1. The summed E-state index contributed by atoms with van der Waals surface area (Å²) in [6.07, 6.45) is 0. The van der Waals surface area contributed by atoms with Crippen LogP contribution in [0.2, 0.25) is 5.02 Å². The van der Waals surface area contributed by atoms with E-state index in [0.717, 1.165) is 11.4 Å². The van der Waals surface area contributed by atoms with Crippen LogP contribution in [0.15, 0.2) is 29.1 Å². The average Bonchev–Trinajstić information content (AvgIpc) is 2.58. The molecule has 5 heteroatoms. The molecule has 0 aliphatic heterocycles. The minimum Gasteiger partial charge on any atom is -0.393 e. The van der Waals surface area contributed by atoms with Gasteiger partial charge in [-0.3, -0.25) is 9.89 Å². The largest absolute Gasteiger partial charge is 0.393 e. The predicted molar refractivity (Wildman–Crippen MR) is 69.9 cm³/mol. The van der Waals surface area contributed by atoms with Gasteiger partial charge in [-0.1, -0.05) is 25.4 Å². The normalized spacial score (nSPS) is 11.1. The van der Waals surface area contributed by atoms with Crippen molar-refractivity contribution in [1.82, 2.24) is 9.78 Å². The van der Waals surface area contributed by atoms with Crippen molar-refractivity contribution in [2.45, 2.75) is 19.8 Å². The molecule has 0 unspecified atom stereocenters. The zero-order chi connectivity index (χ0) is 12.6. The Morgan fingerprint density at radius 2 is 1.88 bits per heavy atom. The van der Waals surface area contributed by atoms with Gasteiger partial charge in [0.2, 0.25) is 0 Å². The van der Waals surface area contributed by atoms with Crippen molar-refractivity contribution in [2.75, 3.05) is 5.73 Å². The molecule has 0 fully saturated rings.